The molecule has 2 fully saturated rings. The molecular weight excluding hydrogens is 366 g/mol. The number of nitrogens with one attached hydrogen (secondary N) is 1. The van der Waals surface area contributed by atoms with Crippen molar-refractivity contribution in [3.8, 4) is 0 Å². The third-order valence-electron chi connectivity index (χ3n) is 5.18. The van der Waals surface area contributed by atoms with Crippen LogP contribution in [0.3, 0.4) is 0 Å². The number of aryl methyl sites for hydroxylation is 1. The molecule has 1 N–H and O–H groups in total. The zero-order valence-electron chi connectivity index (χ0n) is 14.2. The van der Waals surface area contributed by atoms with Crippen molar-refractivity contribution in [2.24, 2.45) is 5.92 Å². The molecule has 0 bridgehead atoms. The zero-order valence-corrected chi connectivity index (χ0v) is 15.8. The first kappa shape index (κ1) is 20.1. The van der Waals surface area contributed by atoms with E-state index in [1.807, 2.05) is 0 Å². The van der Waals surface area contributed by atoms with Crippen molar-refractivity contribution in [1.29, 1.82) is 0 Å². The first-order valence-corrected chi connectivity index (χ1v) is 9.82. The van der Waals surface area contributed by atoms with Crippen molar-refractivity contribution in [3.63, 3.8) is 0 Å². The lowest BCUT2D eigenvalue weighted by molar-refractivity contribution is -0.385. The molecule has 2 saturated heterocycles. The number of halogens is 1. The summed E-state index contributed by atoms with van der Waals surface area (Å²) in [4.78, 5) is 10.5. The second kappa shape index (κ2) is 7.99. The molecule has 1 aromatic carbocycles. The van der Waals surface area contributed by atoms with Crippen LogP contribution in [0.15, 0.2) is 23.1 Å². The van der Waals surface area contributed by atoms with Crippen molar-refractivity contribution >= 4 is 28.1 Å². The van der Waals surface area contributed by atoms with Gasteiger partial charge < -0.3 is 5.32 Å². The van der Waals surface area contributed by atoms with E-state index in [1.165, 1.54) is 35.3 Å². The molecule has 2 aliphatic heterocycles. The highest BCUT2D eigenvalue weighted by Crippen LogP contribution is 2.30. The molecule has 2 aliphatic rings. The predicted octanol–water partition coefficient (Wildman–Crippen LogP) is 2.48. The fourth-order valence-electron chi connectivity index (χ4n) is 3.73. The molecule has 9 heteroatoms. The average molecular weight is 390 g/mol. The number of hydrogen-bond acceptors (Lipinski definition) is 5. The molecule has 1 atom stereocenters. The number of nitro groups is 1. The van der Waals surface area contributed by atoms with Crippen LogP contribution >= 0.6 is 12.4 Å². The van der Waals surface area contributed by atoms with Crippen LogP contribution < -0.4 is 5.32 Å². The minimum absolute atomic E-state index is 0. The highest BCUT2D eigenvalue weighted by atomic mass is 35.5. The summed E-state index contributed by atoms with van der Waals surface area (Å²) < 4.78 is 27.0. The molecule has 25 heavy (non-hydrogen) atoms. The third-order valence-corrected chi connectivity index (χ3v) is 7.08. The van der Waals surface area contributed by atoms with Gasteiger partial charge >= 0.3 is 0 Å². The lowest BCUT2D eigenvalue weighted by Gasteiger charge is -2.34. The SMILES string of the molecule is Cc1ccc(S(=O)(=O)N2CCC(C3CCCN3)CC2)cc1[N+](=O)[O-].Cl. The summed E-state index contributed by atoms with van der Waals surface area (Å²) in [5.41, 5.74) is 0.311. The minimum Gasteiger partial charge on any atom is -0.314 e. The second-order valence-corrected chi connectivity index (χ2v) is 8.59. The maximum atomic E-state index is 12.8. The first-order chi connectivity index (χ1) is 11.4. The number of hydrogen-bond donors (Lipinski definition) is 1. The van der Waals surface area contributed by atoms with Crippen molar-refractivity contribution in [2.45, 2.75) is 43.5 Å². The molecule has 0 saturated carbocycles. The fourth-order valence-corrected chi connectivity index (χ4v) is 5.22. The Kier molecular flexibility index (Phi) is 6.42. The van der Waals surface area contributed by atoms with Gasteiger partial charge in [-0.3, -0.25) is 10.1 Å². The van der Waals surface area contributed by atoms with Gasteiger partial charge in [0.05, 0.1) is 9.82 Å². The van der Waals surface area contributed by atoms with Crippen LogP contribution in [0.1, 0.15) is 31.2 Å². The van der Waals surface area contributed by atoms with E-state index in [4.69, 9.17) is 0 Å². The molecule has 1 aromatic rings. The Morgan fingerprint density at radius 2 is 1.92 bits per heavy atom. The summed E-state index contributed by atoms with van der Waals surface area (Å²) in [7, 11) is -3.67. The molecule has 0 spiro atoms. The van der Waals surface area contributed by atoms with E-state index in [9.17, 15) is 18.5 Å². The number of benzene rings is 1. The lowest BCUT2D eigenvalue weighted by atomic mass is 9.89. The topological polar surface area (TPSA) is 92.6 Å². The molecule has 3 rings (SSSR count). The largest absolute Gasteiger partial charge is 0.314 e. The molecule has 0 aromatic heterocycles. The van der Waals surface area contributed by atoms with Crippen LogP contribution in [0.2, 0.25) is 0 Å². The average Bonchev–Trinajstić information content (AvgIpc) is 3.09. The standard InChI is InChI=1S/C16H23N3O4S.ClH/c1-12-4-5-14(11-16(12)19(20)21)24(22,23)18-9-6-13(7-10-18)15-3-2-8-17-15;/h4-5,11,13,15,17H,2-3,6-10H2,1H3;1H. The summed E-state index contributed by atoms with van der Waals surface area (Å²) in [5.74, 6) is 0.520. The molecule has 7 nitrogen and oxygen atoms in total. The Labute approximate surface area is 154 Å². The third kappa shape index (κ3) is 4.13. The van der Waals surface area contributed by atoms with Crippen molar-refractivity contribution in [1.82, 2.24) is 9.62 Å². The van der Waals surface area contributed by atoms with Gasteiger partial charge in [0.15, 0.2) is 0 Å². The van der Waals surface area contributed by atoms with Crippen LogP contribution in [-0.4, -0.2) is 43.3 Å². The van der Waals surface area contributed by atoms with Crippen LogP contribution in [0.25, 0.3) is 0 Å². The van der Waals surface area contributed by atoms with Crippen LogP contribution in [0.4, 0.5) is 5.69 Å². The Bertz CT molecular complexity index is 727. The quantitative estimate of drug-likeness (QED) is 0.630. The zero-order chi connectivity index (χ0) is 17.3. The van der Waals surface area contributed by atoms with Crippen molar-refractivity contribution < 1.29 is 13.3 Å². The van der Waals surface area contributed by atoms with Crippen LogP contribution in [0, 0.1) is 23.0 Å². The van der Waals surface area contributed by atoms with Gasteiger partial charge in [0, 0.05) is 30.8 Å². The van der Waals surface area contributed by atoms with Crippen LogP contribution in [0.5, 0.6) is 0 Å². The molecule has 140 valence electrons. The Morgan fingerprint density at radius 1 is 1.24 bits per heavy atom. The van der Waals surface area contributed by atoms with Gasteiger partial charge in [0.1, 0.15) is 0 Å². The molecule has 2 heterocycles. The normalized spacial score (nSPS) is 22.5. The predicted molar refractivity (Wildman–Crippen MR) is 97.6 cm³/mol. The Balaban J connectivity index is 0.00000225. The highest BCUT2D eigenvalue weighted by Gasteiger charge is 2.34. The molecular formula is C16H24ClN3O4S. The molecule has 0 aliphatic carbocycles. The molecule has 0 amide bonds. The van der Waals surface area contributed by atoms with Gasteiger partial charge in [-0.2, -0.15) is 4.31 Å². The molecule has 0 radical (unpaired) electrons. The minimum atomic E-state index is -3.67. The van der Waals surface area contributed by atoms with Gasteiger partial charge in [-0.1, -0.05) is 6.07 Å². The summed E-state index contributed by atoms with van der Waals surface area (Å²) in [6, 6.07) is 4.65. The number of nitro benzene ring substituents is 1. The fraction of sp³-hybridized carbons (Fsp3) is 0.625. The Hall–Kier alpha value is -1.22. The van der Waals surface area contributed by atoms with Gasteiger partial charge in [0.25, 0.3) is 5.69 Å². The lowest BCUT2D eigenvalue weighted by Crippen LogP contribution is -2.43. The maximum Gasteiger partial charge on any atom is 0.273 e. The number of sulfonamides is 1. The van der Waals surface area contributed by atoms with E-state index in [0.29, 0.717) is 30.6 Å². The van der Waals surface area contributed by atoms with E-state index in [-0.39, 0.29) is 23.0 Å². The Morgan fingerprint density at radius 3 is 2.48 bits per heavy atom. The summed E-state index contributed by atoms with van der Waals surface area (Å²) in [6.07, 6.45) is 4.04. The number of rotatable bonds is 4. The first-order valence-electron chi connectivity index (χ1n) is 8.38. The monoisotopic (exact) mass is 389 g/mol. The second-order valence-electron chi connectivity index (χ2n) is 6.65. The van der Waals surface area contributed by atoms with E-state index in [2.05, 4.69) is 5.32 Å². The molecule has 1 unspecified atom stereocenters. The smallest absolute Gasteiger partial charge is 0.273 e. The van der Waals surface area contributed by atoms with Gasteiger partial charge in [0.2, 0.25) is 10.0 Å². The summed E-state index contributed by atoms with van der Waals surface area (Å²) >= 11 is 0. The van der Waals surface area contributed by atoms with E-state index in [0.717, 1.165) is 19.4 Å². The van der Waals surface area contributed by atoms with Crippen molar-refractivity contribution in [2.75, 3.05) is 19.6 Å². The summed E-state index contributed by atoms with van der Waals surface area (Å²) in [6.45, 7) is 3.62. The number of nitrogens with zero attached hydrogens (tertiary/aromatic N) is 2. The number of piperidine rings is 1. The van der Waals surface area contributed by atoms with E-state index >= 15 is 0 Å². The highest BCUT2D eigenvalue weighted by molar-refractivity contribution is 7.89. The van der Waals surface area contributed by atoms with Crippen LogP contribution in [-0.2, 0) is 10.0 Å². The maximum absolute atomic E-state index is 12.8. The van der Waals surface area contributed by atoms with E-state index < -0.39 is 14.9 Å². The summed E-state index contributed by atoms with van der Waals surface area (Å²) in [5, 5.41) is 14.6. The van der Waals surface area contributed by atoms with E-state index in [1.54, 1.807) is 6.92 Å². The van der Waals surface area contributed by atoms with Crippen molar-refractivity contribution in [3.05, 3.63) is 33.9 Å². The van der Waals surface area contributed by atoms with Gasteiger partial charge in [-0.25, -0.2) is 8.42 Å². The van der Waals surface area contributed by atoms with Gasteiger partial charge in [-0.05, 0) is 51.1 Å². The van der Waals surface area contributed by atoms with Gasteiger partial charge in [-0.15, -0.1) is 12.4 Å².